The SMILES string of the molecule is C=C1NC=C(C(C)(CC)CCCCCCCCCCCCCCC)O1. The molecule has 0 fully saturated rings. The zero-order valence-corrected chi connectivity index (χ0v) is 17.3. The average molecular weight is 350 g/mol. The van der Waals surface area contributed by atoms with Crippen molar-refractivity contribution in [1.82, 2.24) is 5.32 Å². The van der Waals surface area contributed by atoms with Gasteiger partial charge < -0.3 is 10.1 Å². The first-order chi connectivity index (χ1) is 12.1. The molecular formula is C23H43NO. The van der Waals surface area contributed by atoms with E-state index in [9.17, 15) is 0 Å². The highest BCUT2D eigenvalue weighted by molar-refractivity contribution is 5.15. The first-order valence-electron chi connectivity index (χ1n) is 11.0. The maximum absolute atomic E-state index is 5.74. The van der Waals surface area contributed by atoms with E-state index < -0.39 is 0 Å². The minimum absolute atomic E-state index is 0.157. The van der Waals surface area contributed by atoms with Crippen molar-refractivity contribution < 1.29 is 4.74 Å². The van der Waals surface area contributed by atoms with Crippen LogP contribution in [0, 0.1) is 5.41 Å². The molecule has 1 rings (SSSR count). The van der Waals surface area contributed by atoms with Gasteiger partial charge in [0.25, 0.3) is 0 Å². The molecule has 25 heavy (non-hydrogen) atoms. The normalized spacial score (nSPS) is 16.3. The Morgan fingerprint density at radius 3 is 1.72 bits per heavy atom. The lowest BCUT2D eigenvalue weighted by atomic mass is 9.80. The second kappa shape index (κ2) is 13.3. The molecular weight excluding hydrogens is 306 g/mol. The summed E-state index contributed by atoms with van der Waals surface area (Å²) in [7, 11) is 0. The van der Waals surface area contributed by atoms with Gasteiger partial charge in [0.15, 0.2) is 5.88 Å². The summed E-state index contributed by atoms with van der Waals surface area (Å²) < 4.78 is 5.74. The van der Waals surface area contributed by atoms with Crippen molar-refractivity contribution in [3.05, 3.63) is 24.4 Å². The Morgan fingerprint density at radius 2 is 1.32 bits per heavy atom. The minimum Gasteiger partial charge on any atom is -0.444 e. The fraction of sp³-hybridized carbons (Fsp3) is 0.826. The van der Waals surface area contributed by atoms with Gasteiger partial charge in [0, 0.05) is 11.6 Å². The van der Waals surface area contributed by atoms with Crippen LogP contribution in [0.4, 0.5) is 0 Å². The topological polar surface area (TPSA) is 21.3 Å². The Hall–Kier alpha value is -0.920. The highest BCUT2D eigenvalue weighted by Gasteiger charge is 2.31. The van der Waals surface area contributed by atoms with Crippen LogP contribution in [0.2, 0.25) is 0 Å². The molecule has 1 aliphatic heterocycles. The van der Waals surface area contributed by atoms with Crippen LogP contribution in [0.5, 0.6) is 0 Å². The maximum Gasteiger partial charge on any atom is 0.189 e. The van der Waals surface area contributed by atoms with Gasteiger partial charge in [-0.15, -0.1) is 0 Å². The van der Waals surface area contributed by atoms with Crippen molar-refractivity contribution in [2.75, 3.05) is 0 Å². The Kier molecular flexibility index (Phi) is 11.8. The lowest BCUT2D eigenvalue weighted by Crippen LogP contribution is -2.18. The predicted octanol–water partition coefficient (Wildman–Crippen LogP) is 7.82. The summed E-state index contributed by atoms with van der Waals surface area (Å²) in [6.07, 6.45) is 22.7. The maximum atomic E-state index is 5.74. The van der Waals surface area contributed by atoms with E-state index in [2.05, 4.69) is 32.7 Å². The number of allylic oxidation sites excluding steroid dienone is 1. The number of rotatable bonds is 16. The third-order valence-electron chi connectivity index (χ3n) is 5.80. The molecule has 0 spiro atoms. The third-order valence-corrected chi connectivity index (χ3v) is 5.80. The van der Waals surface area contributed by atoms with Gasteiger partial charge in [-0.25, -0.2) is 0 Å². The van der Waals surface area contributed by atoms with Gasteiger partial charge in [-0.1, -0.05) is 104 Å². The number of ether oxygens (including phenoxy) is 1. The second-order valence-corrected chi connectivity index (χ2v) is 8.09. The fourth-order valence-corrected chi connectivity index (χ4v) is 3.64. The standard InChI is InChI=1S/C23H43NO/c1-5-7-8-9-10-11-12-13-14-15-16-17-18-19-23(4,6-2)22-20-24-21(3)25-22/h20,24H,3,5-19H2,1-2,4H3. The van der Waals surface area contributed by atoms with Gasteiger partial charge in [0.2, 0.25) is 0 Å². The molecule has 1 unspecified atom stereocenters. The van der Waals surface area contributed by atoms with Crippen LogP contribution in [0.1, 0.15) is 117 Å². The van der Waals surface area contributed by atoms with Crippen LogP contribution >= 0.6 is 0 Å². The summed E-state index contributed by atoms with van der Waals surface area (Å²) in [5.41, 5.74) is 0.157. The number of nitrogens with one attached hydrogen (secondary N) is 1. The molecule has 0 bridgehead atoms. The summed E-state index contributed by atoms with van der Waals surface area (Å²) in [5.74, 6) is 1.74. The van der Waals surface area contributed by atoms with Crippen LogP contribution in [-0.2, 0) is 4.74 Å². The predicted molar refractivity (Wildman–Crippen MR) is 110 cm³/mol. The highest BCUT2D eigenvalue weighted by atomic mass is 16.5. The zero-order chi connectivity index (χ0) is 18.4. The average Bonchev–Trinajstić information content (AvgIpc) is 3.06. The van der Waals surface area contributed by atoms with Gasteiger partial charge in [-0.05, 0) is 19.4 Å². The smallest absolute Gasteiger partial charge is 0.189 e. The van der Waals surface area contributed by atoms with Crippen molar-refractivity contribution in [2.24, 2.45) is 5.41 Å². The molecule has 0 aromatic rings. The lowest BCUT2D eigenvalue weighted by molar-refractivity contribution is 0.184. The number of unbranched alkanes of at least 4 members (excludes halogenated alkanes) is 12. The van der Waals surface area contributed by atoms with Crippen molar-refractivity contribution in [1.29, 1.82) is 0 Å². The van der Waals surface area contributed by atoms with E-state index in [4.69, 9.17) is 4.74 Å². The van der Waals surface area contributed by atoms with E-state index in [1.165, 1.54) is 89.9 Å². The Morgan fingerprint density at radius 1 is 0.840 bits per heavy atom. The molecule has 0 aromatic heterocycles. The molecule has 0 amide bonds. The molecule has 2 nitrogen and oxygen atoms in total. The quantitative estimate of drug-likeness (QED) is 0.287. The van der Waals surface area contributed by atoms with Crippen LogP contribution in [0.25, 0.3) is 0 Å². The van der Waals surface area contributed by atoms with Gasteiger partial charge in [0.1, 0.15) is 5.76 Å². The largest absolute Gasteiger partial charge is 0.444 e. The van der Waals surface area contributed by atoms with E-state index in [1.807, 2.05) is 6.20 Å². The van der Waals surface area contributed by atoms with E-state index in [0.29, 0.717) is 5.88 Å². The van der Waals surface area contributed by atoms with Crippen LogP contribution in [-0.4, -0.2) is 0 Å². The Labute approximate surface area is 157 Å². The van der Waals surface area contributed by atoms with Crippen molar-refractivity contribution in [3.63, 3.8) is 0 Å². The molecule has 146 valence electrons. The van der Waals surface area contributed by atoms with E-state index in [-0.39, 0.29) is 5.41 Å². The molecule has 0 aromatic carbocycles. The molecule has 0 radical (unpaired) electrons. The van der Waals surface area contributed by atoms with Gasteiger partial charge in [-0.2, -0.15) is 0 Å². The molecule has 1 atom stereocenters. The highest BCUT2D eigenvalue weighted by Crippen LogP contribution is 2.39. The minimum atomic E-state index is 0.157. The first kappa shape index (κ1) is 22.1. The van der Waals surface area contributed by atoms with Crippen LogP contribution in [0.15, 0.2) is 24.4 Å². The summed E-state index contributed by atoms with van der Waals surface area (Å²) in [4.78, 5) is 0. The molecule has 1 aliphatic rings. The monoisotopic (exact) mass is 349 g/mol. The van der Waals surface area contributed by atoms with Crippen molar-refractivity contribution >= 4 is 0 Å². The summed E-state index contributed by atoms with van der Waals surface area (Å²) in [6.45, 7) is 10.7. The summed E-state index contributed by atoms with van der Waals surface area (Å²) in [5, 5.41) is 3.08. The molecule has 0 aliphatic carbocycles. The van der Waals surface area contributed by atoms with Crippen molar-refractivity contribution in [2.45, 2.75) is 117 Å². The Balaban J connectivity index is 1.95. The van der Waals surface area contributed by atoms with E-state index in [0.717, 1.165) is 12.2 Å². The van der Waals surface area contributed by atoms with Gasteiger partial charge in [-0.3, -0.25) is 0 Å². The number of hydrogen-bond acceptors (Lipinski definition) is 2. The fourth-order valence-electron chi connectivity index (χ4n) is 3.64. The van der Waals surface area contributed by atoms with Gasteiger partial charge >= 0.3 is 0 Å². The van der Waals surface area contributed by atoms with Crippen molar-refractivity contribution in [3.8, 4) is 0 Å². The lowest BCUT2D eigenvalue weighted by Gasteiger charge is -2.28. The second-order valence-electron chi connectivity index (χ2n) is 8.09. The van der Waals surface area contributed by atoms with Gasteiger partial charge in [0.05, 0.1) is 0 Å². The molecule has 1 heterocycles. The van der Waals surface area contributed by atoms with Crippen LogP contribution < -0.4 is 5.32 Å². The molecule has 2 heteroatoms. The summed E-state index contributed by atoms with van der Waals surface area (Å²) >= 11 is 0. The third kappa shape index (κ3) is 9.37. The molecule has 1 N–H and O–H groups in total. The molecule has 0 saturated heterocycles. The Bertz CT molecular complexity index is 388. The molecule has 0 saturated carbocycles. The van der Waals surface area contributed by atoms with E-state index in [1.54, 1.807) is 0 Å². The van der Waals surface area contributed by atoms with Crippen LogP contribution in [0.3, 0.4) is 0 Å². The zero-order valence-electron chi connectivity index (χ0n) is 17.3. The number of hydrogen-bond donors (Lipinski definition) is 1. The summed E-state index contributed by atoms with van der Waals surface area (Å²) in [6, 6.07) is 0. The first-order valence-corrected chi connectivity index (χ1v) is 11.0. The van der Waals surface area contributed by atoms with E-state index >= 15 is 0 Å².